The molecule has 132 valence electrons. The first-order chi connectivity index (χ1) is 12.4. The molecule has 0 N–H and O–H groups in total. The molecule has 0 atom stereocenters. The fourth-order valence-corrected chi connectivity index (χ4v) is 3.70. The van der Waals surface area contributed by atoms with Crippen molar-refractivity contribution in [3.63, 3.8) is 0 Å². The van der Waals surface area contributed by atoms with Gasteiger partial charge in [-0.3, -0.25) is 9.59 Å². The molecule has 0 amide bonds. The summed E-state index contributed by atoms with van der Waals surface area (Å²) in [7, 11) is 0. The number of aryl methyl sites for hydroxylation is 3. The lowest BCUT2D eigenvalue weighted by atomic mass is 9.96. The maximum absolute atomic E-state index is 12.8. The van der Waals surface area contributed by atoms with Crippen molar-refractivity contribution in [3.8, 4) is 11.3 Å². The molecule has 4 nitrogen and oxygen atoms in total. The molecular formula is C21H19BrN2O2. The van der Waals surface area contributed by atoms with Gasteiger partial charge in [0, 0.05) is 21.7 Å². The molecule has 0 spiro atoms. The van der Waals surface area contributed by atoms with Gasteiger partial charge in [-0.15, -0.1) is 0 Å². The number of carbonyl (C=O) groups is 1. The van der Waals surface area contributed by atoms with Gasteiger partial charge in [0.25, 0.3) is 5.56 Å². The highest BCUT2D eigenvalue weighted by molar-refractivity contribution is 9.10. The lowest BCUT2D eigenvalue weighted by Gasteiger charge is -2.12. The molecule has 3 rings (SSSR count). The van der Waals surface area contributed by atoms with Crippen LogP contribution in [0.3, 0.4) is 0 Å². The van der Waals surface area contributed by atoms with Crippen LogP contribution in [-0.4, -0.2) is 15.6 Å². The molecule has 1 aromatic heterocycles. The highest BCUT2D eigenvalue weighted by Crippen LogP contribution is 2.25. The Kier molecular flexibility index (Phi) is 5.18. The van der Waals surface area contributed by atoms with Crippen LogP contribution in [0.15, 0.2) is 57.8 Å². The SMILES string of the molecule is Cc1cc(C)c(C(=O)Cn2nc(-c3ccccc3Br)ccc2=O)c(C)c1. The molecule has 5 heteroatoms. The van der Waals surface area contributed by atoms with Crippen LogP contribution >= 0.6 is 15.9 Å². The zero-order valence-electron chi connectivity index (χ0n) is 14.9. The first-order valence-electron chi connectivity index (χ1n) is 8.31. The third kappa shape index (κ3) is 3.68. The maximum Gasteiger partial charge on any atom is 0.267 e. The third-order valence-electron chi connectivity index (χ3n) is 4.27. The summed E-state index contributed by atoms with van der Waals surface area (Å²) in [6.45, 7) is 5.76. The summed E-state index contributed by atoms with van der Waals surface area (Å²) in [5.41, 5.74) is 4.83. The van der Waals surface area contributed by atoms with Crippen molar-refractivity contribution in [1.29, 1.82) is 0 Å². The van der Waals surface area contributed by atoms with E-state index < -0.39 is 0 Å². The van der Waals surface area contributed by atoms with Crippen molar-refractivity contribution in [3.05, 3.63) is 85.6 Å². The highest BCUT2D eigenvalue weighted by Gasteiger charge is 2.15. The summed E-state index contributed by atoms with van der Waals surface area (Å²) in [5, 5.41) is 4.40. The van der Waals surface area contributed by atoms with Gasteiger partial charge in [0.1, 0.15) is 6.54 Å². The van der Waals surface area contributed by atoms with Gasteiger partial charge in [-0.25, -0.2) is 4.68 Å². The zero-order chi connectivity index (χ0) is 18.8. The number of halogens is 1. The Morgan fingerprint density at radius 2 is 1.69 bits per heavy atom. The normalized spacial score (nSPS) is 10.8. The molecule has 0 bridgehead atoms. The summed E-state index contributed by atoms with van der Waals surface area (Å²) >= 11 is 3.50. The summed E-state index contributed by atoms with van der Waals surface area (Å²) in [6, 6.07) is 14.7. The van der Waals surface area contributed by atoms with E-state index in [2.05, 4.69) is 21.0 Å². The molecular weight excluding hydrogens is 392 g/mol. The van der Waals surface area contributed by atoms with Crippen molar-refractivity contribution in [2.24, 2.45) is 0 Å². The van der Waals surface area contributed by atoms with Crippen LogP contribution in [0.5, 0.6) is 0 Å². The minimum Gasteiger partial charge on any atom is -0.292 e. The Morgan fingerprint density at radius 1 is 1.04 bits per heavy atom. The Morgan fingerprint density at radius 3 is 2.35 bits per heavy atom. The Hall–Kier alpha value is -2.53. The van der Waals surface area contributed by atoms with E-state index in [0.29, 0.717) is 11.3 Å². The Bertz CT molecular complexity index is 1030. The number of aromatic nitrogens is 2. The Balaban J connectivity index is 1.98. The van der Waals surface area contributed by atoms with Gasteiger partial charge in [-0.1, -0.05) is 51.8 Å². The van der Waals surface area contributed by atoms with Gasteiger partial charge in [0.05, 0.1) is 5.69 Å². The molecule has 0 fully saturated rings. The fraction of sp³-hybridized carbons (Fsp3) is 0.190. The van der Waals surface area contributed by atoms with Gasteiger partial charge in [0.15, 0.2) is 5.78 Å². The smallest absolute Gasteiger partial charge is 0.267 e. The van der Waals surface area contributed by atoms with Gasteiger partial charge in [-0.05, 0) is 44.0 Å². The van der Waals surface area contributed by atoms with E-state index >= 15 is 0 Å². The third-order valence-corrected chi connectivity index (χ3v) is 4.96. The van der Waals surface area contributed by atoms with Crippen LogP contribution in [0.2, 0.25) is 0 Å². The quantitative estimate of drug-likeness (QED) is 0.595. The molecule has 0 saturated carbocycles. The first-order valence-corrected chi connectivity index (χ1v) is 9.10. The summed E-state index contributed by atoms with van der Waals surface area (Å²) in [6.07, 6.45) is 0. The van der Waals surface area contributed by atoms with Crippen molar-refractivity contribution < 1.29 is 4.79 Å². The van der Waals surface area contributed by atoms with E-state index in [1.165, 1.54) is 10.7 Å². The fourth-order valence-electron chi connectivity index (χ4n) is 3.21. The van der Waals surface area contributed by atoms with Crippen LogP contribution in [0, 0.1) is 20.8 Å². The maximum atomic E-state index is 12.8. The Labute approximate surface area is 160 Å². The van der Waals surface area contributed by atoms with Gasteiger partial charge in [0.2, 0.25) is 0 Å². The predicted molar refractivity (Wildman–Crippen MR) is 107 cm³/mol. The second kappa shape index (κ2) is 7.38. The van der Waals surface area contributed by atoms with E-state index in [0.717, 1.165) is 26.7 Å². The molecule has 1 heterocycles. The number of rotatable bonds is 4. The van der Waals surface area contributed by atoms with Crippen molar-refractivity contribution >= 4 is 21.7 Å². The minimum atomic E-state index is -0.295. The van der Waals surface area contributed by atoms with Crippen LogP contribution < -0.4 is 5.56 Å². The van der Waals surface area contributed by atoms with Gasteiger partial charge < -0.3 is 0 Å². The van der Waals surface area contributed by atoms with Gasteiger partial charge >= 0.3 is 0 Å². The van der Waals surface area contributed by atoms with Crippen LogP contribution in [0.4, 0.5) is 0 Å². The van der Waals surface area contributed by atoms with E-state index in [1.807, 2.05) is 57.2 Å². The number of hydrogen-bond donors (Lipinski definition) is 0. The average molecular weight is 411 g/mol. The van der Waals surface area contributed by atoms with E-state index in [4.69, 9.17) is 0 Å². The molecule has 0 radical (unpaired) electrons. The molecule has 0 unspecified atom stereocenters. The molecule has 26 heavy (non-hydrogen) atoms. The first kappa shape index (κ1) is 18.3. The summed E-state index contributed by atoms with van der Waals surface area (Å²) in [5.74, 6) is -0.112. The molecule has 2 aromatic carbocycles. The standard InChI is InChI=1S/C21H19BrN2O2/c1-13-10-14(2)21(15(3)11-13)19(25)12-24-20(26)9-8-18(23-24)16-6-4-5-7-17(16)22/h4-11H,12H2,1-3H3. The molecule has 3 aromatic rings. The summed E-state index contributed by atoms with van der Waals surface area (Å²) < 4.78 is 2.12. The monoisotopic (exact) mass is 410 g/mol. The average Bonchev–Trinajstić information content (AvgIpc) is 2.56. The van der Waals surface area contributed by atoms with E-state index in [9.17, 15) is 9.59 Å². The molecule has 0 saturated heterocycles. The van der Waals surface area contributed by atoms with Crippen LogP contribution in [-0.2, 0) is 6.54 Å². The molecule has 0 aliphatic rings. The number of benzene rings is 2. The van der Waals surface area contributed by atoms with Gasteiger partial charge in [-0.2, -0.15) is 5.10 Å². The number of ketones is 1. The highest BCUT2D eigenvalue weighted by atomic mass is 79.9. The largest absolute Gasteiger partial charge is 0.292 e. The van der Waals surface area contributed by atoms with Crippen LogP contribution in [0.1, 0.15) is 27.0 Å². The predicted octanol–water partition coefficient (Wildman–Crippen LogP) is 4.48. The second-order valence-electron chi connectivity index (χ2n) is 6.39. The number of nitrogens with zero attached hydrogens (tertiary/aromatic N) is 2. The molecule has 0 aliphatic carbocycles. The second-order valence-corrected chi connectivity index (χ2v) is 7.25. The van der Waals surface area contributed by atoms with E-state index in [1.54, 1.807) is 6.07 Å². The molecule has 0 aliphatic heterocycles. The number of Topliss-reactive ketones (excluding diaryl/α,β-unsaturated/α-hetero) is 1. The zero-order valence-corrected chi connectivity index (χ0v) is 16.5. The van der Waals surface area contributed by atoms with Crippen LogP contribution in [0.25, 0.3) is 11.3 Å². The van der Waals surface area contributed by atoms with Crippen molar-refractivity contribution in [2.45, 2.75) is 27.3 Å². The van der Waals surface area contributed by atoms with Crippen molar-refractivity contribution in [2.75, 3.05) is 0 Å². The number of carbonyl (C=O) groups excluding carboxylic acids is 1. The minimum absolute atomic E-state index is 0.0815. The topological polar surface area (TPSA) is 52.0 Å². The number of hydrogen-bond acceptors (Lipinski definition) is 3. The van der Waals surface area contributed by atoms with E-state index in [-0.39, 0.29) is 17.9 Å². The lowest BCUT2D eigenvalue weighted by molar-refractivity contribution is 0.0964. The van der Waals surface area contributed by atoms with Crippen molar-refractivity contribution in [1.82, 2.24) is 9.78 Å². The summed E-state index contributed by atoms with van der Waals surface area (Å²) in [4.78, 5) is 25.0. The lowest BCUT2D eigenvalue weighted by Crippen LogP contribution is -2.27.